The maximum absolute atomic E-state index is 12.7. The van der Waals surface area contributed by atoms with Crippen LogP contribution in [-0.2, 0) is 17.6 Å². The van der Waals surface area contributed by atoms with Gasteiger partial charge in [0.1, 0.15) is 12.7 Å². The molecule has 28 heavy (non-hydrogen) atoms. The Morgan fingerprint density at radius 3 is 2.71 bits per heavy atom. The van der Waals surface area contributed by atoms with E-state index in [1.807, 2.05) is 36.2 Å². The molecule has 0 saturated carbocycles. The van der Waals surface area contributed by atoms with Gasteiger partial charge in [0, 0.05) is 11.9 Å². The molecule has 6 heteroatoms. The monoisotopic (exact) mass is 392 g/mol. The zero-order valence-corrected chi connectivity index (χ0v) is 17.0. The summed E-state index contributed by atoms with van der Waals surface area (Å²) in [6.07, 6.45) is 6.79. The van der Waals surface area contributed by atoms with Crippen molar-refractivity contribution < 1.29 is 4.79 Å². The van der Waals surface area contributed by atoms with Crippen molar-refractivity contribution in [1.82, 2.24) is 19.7 Å². The number of hydrogen-bond donors (Lipinski definition) is 0. The first-order valence-corrected chi connectivity index (χ1v) is 10.6. The Bertz CT molecular complexity index is 953. The lowest BCUT2D eigenvalue weighted by Gasteiger charge is -2.25. The molecule has 144 valence electrons. The highest BCUT2D eigenvalue weighted by Gasteiger charge is 2.18. The van der Waals surface area contributed by atoms with Crippen molar-refractivity contribution in [3.05, 3.63) is 71.8 Å². The third kappa shape index (κ3) is 3.97. The minimum Gasteiger partial charge on any atom is -0.338 e. The van der Waals surface area contributed by atoms with Crippen LogP contribution in [-0.4, -0.2) is 38.4 Å². The van der Waals surface area contributed by atoms with Gasteiger partial charge in [-0.25, -0.2) is 9.67 Å². The molecule has 0 N–H and O–H groups in total. The van der Waals surface area contributed by atoms with Crippen LogP contribution in [0.25, 0.3) is 5.69 Å². The molecule has 0 saturated heterocycles. The van der Waals surface area contributed by atoms with Gasteiger partial charge < -0.3 is 4.90 Å². The van der Waals surface area contributed by atoms with Crippen LogP contribution in [0.2, 0.25) is 0 Å². The first-order valence-electron chi connectivity index (χ1n) is 9.57. The molecular weight excluding hydrogens is 368 g/mol. The molecule has 1 unspecified atom stereocenters. The van der Waals surface area contributed by atoms with Crippen LogP contribution in [0.5, 0.6) is 0 Å². The quantitative estimate of drug-likeness (QED) is 0.594. The number of carbonyl (C=O) groups is 1. The van der Waals surface area contributed by atoms with Crippen LogP contribution in [0.3, 0.4) is 0 Å². The average Bonchev–Trinajstić information content (AvgIpc) is 3.42. The normalized spacial score (nSPS) is 13.9. The molecule has 0 radical (unpaired) electrons. The predicted octanol–water partition coefficient (Wildman–Crippen LogP) is 4.07. The standard InChI is InChI=1S/C22H24N4OS/c1-16(17-6-9-20(10-7-17)26-15-23-14-24-26)25(2)22(27)13-28-21-11-8-18-4-3-5-19(18)12-21/h6-12,14-16H,3-5,13H2,1-2H3. The Morgan fingerprint density at radius 1 is 1.18 bits per heavy atom. The summed E-state index contributed by atoms with van der Waals surface area (Å²) >= 11 is 1.63. The van der Waals surface area contributed by atoms with E-state index >= 15 is 0 Å². The number of rotatable bonds is 6. The number of thioether (sulfide) groups is 1. The van der Waals surface area contributed by atoms with Crippen LogP contribution in [0.15, 0.2) is 60.0 Å². The molecule has 1 amide bonds. The number of aromatic nitrogens is 3. The van der Waals surface area contributed by atoms with Crippen LogP contribution < -0.4 is 0 Å². The van der Waals surface area contributed by atoms with E-state index < -0.39 is 0 Å². The average molecular weight is 393 g/mol. The molecule has 1 aliphatic carbocycles. The molecule has 2 aromatic carbocycles. The number of carbonyl (C=O) groups excluding carboxylic acids is 1. The maximum atomic E-state index is 12.7. The number of benzene rings is 2. The molecule has 3 aromatic rings. The van der Waals surface area contributed by atoms with Gasteiger partial charge in [-0.1, -0.05) is 18.2 Å². The van der Waals surface area contributed by atoms with Crippen LogP contribution in [0, 0.1) is 0 Å². The van der Waals surface area contributed by atoms with Gasteiger partial charge in [-0.2, -0.15) is 5.10 Å². The van der Waals surface area contributed by atoms with Crippen molar-refractivity contribution in [1.29, 1.82) is 0 Å². The van der Waals surface area contributed by atoms with Crippen molar-refractivity contribution in [2.45, 2.75) is 37.1 Å². The Kier molecular flexibility index (Phi) is 5.48. The lowest BCUT2D eigenvalue weighted by atomic mass is 10.1. The Hall–Kier alpha value is -2.60. The largest absolute Gasteiger partial charge is 0.338 e. The van der Waals surface area contributed by atoms with Gasteiger partial charge in [0.2, 0.25) is 5.91 Å². The van der Waals surface area contributed by atoms with Crippen molar-refractivity contribution in [3.63, 3.8) is 0 Å². The Labute approximate surface area is 169 Å². The Morgan fingerprint density at radius 2 is 1.96 bits per heavy atom. The molecule has 1 aromatic heterocycles. The zero-order valence-electron chi connectivity index (χ0n) is 16.2. The SMILES string of the molecule is CC(c1ccc(-n2cncn2)cc1)N(C)C(=O)CSc1ccc2c(c1)CCC2. The molecule has 1 aliphatic rings. The maximum Gasteiger partial charge on any atom is 0.233 e. The van der Waals surface area contributed by atoms with Crippen molar-refractivity contribution >= 4 is 17.7 Å². The van der Waals surface area contributed by atoms with E-state index in [9.17, 15) is 4.79 Å². The van der Waals surface area contributed by atoms with Crippen LogP contribution >= 0.6 is 11.8 Å². The molecular formula is C22H24N4OS. The smallest absolute Gasteiger partial charge is 0.233 e. The van der Waals surface area contributed by atoms with Gasteiger partial charge >= 0.3 is 0 Å². The minimum absolute atomic E-state index is 0.0120. The summed E-state index contributed by atoms with van der Waals surface area (Å²) in [5, 5.41) is 4.14. The van der Waals surface area contributed by atoms with E-state index in [0.29, 0.717) is 5.75 Å². The van der Waals surface area contributed by atoms with Crippen molar-refractivity contribution in [2.24, 2.45) is 0 Å². The molecule has 0 aliphatic heterocycles. The van der Waals surface area contributed by atoms with E-state index in [4.69, 9.17) is 0 Å². The second-order valence-electron chi connectivity index (χ2n) is 7.18. The third-order valence-corrected chi connectivity index (χ3v) is 6.44. The fraction of sp³-hybridized carbons (Fsp3) is 0.318. The summed E-state index contributed by atoms with van der Waals surface area (Å²) in [5.41, 5.74) is 4.97. The van der Waals surface area contributed by atoms with E-state index in [-0.39, 0.29) is 11.9 Å². The van der Waals surface area contributed by atoms with Gasteiger partial charge in [0.15, 0.2) is 0 Å². The first-order chi connectivity index (χ1) is 13.6. The van der Waals surface area contributed by atoms with Gasteiger partial charge in [0.05, 0.1) is 17.5 Å². The molecule has 4 rings (SSSR count). The fourth-order valence-corrected chi connectivity index (χ4v) is 4.46. The van der Waals surface area contributed by atoms with E-state index in [1.54, 1.807) is 22.8 Å². The highest BCUT2D eigenvalue weighted by molar-refractivity contribution is 8.00. The lowest BCUT2D eigenvalue weighted by molar-refractivity contribution is -0.128. The number of nitrogens with zero attached hydrogens (tertiary/aromatic N) is 4. The second-order valence-corrected chi connectivity index (χ2v) is 8.23. The molecule has 1 heterocycles. The minimum atomic E-state index is 0.0120. The molecule has 0 bridgehead atoms. The van der Waals surface area contributed by atoms with E-state index in [1.165, 1.54) is 41.6 Å². The van der Waals surface area contributed by atoms with E-state index in [0.717, 1.165) is 11.3 Å². The van der Waals surface area contributed by atoms with Crippen molar-refractivity contribution in [3.8, 4) is 5.69 Å². The van der Waals surface area contributed by atoms with E-state index in [2.05, 4.69) is 35.2 Å². The lowest BCUT2D eigenvalue weighted by Crippen LogP contribution is -2.31. The van der Waals surface area contributed by atoms with Gasteiger partial charge in [0.25, 0.3) is 0 Å². The Balaban J connectivity index is 1.36. The van der Waals surface area contributed by atoms with Gasteiger partial charge in [-0.15, -0.1) is 11.8 Å². The number of amides is 1. The highest BCUT2D eigenvalue weighted by Crippen LogP contribution is 2.28. The van der Waals surface area contributed by atoms with Crippen molar-refractivity contribution in [2.75, 3.05) is 12.8 Å². The summed E-state index contributed by atoms with van der Waals surface area (Å²) in [6, 6.07) is 14.7. The second kappa shape index (κ2) is 8.19. The van der Waals surface area contributed by atoms with Gasteiger partial charge in [-0.05, 0) is 67.1 Å². The zero-order chi connectivity index (χ0) is 19.5. The number of aryl methyl sites for hydroxylation is 2. The first kappa shape index (κ1) is 18.7. The number of fused-ring (bicyclic) bond motifs is 1. The van der Waals surface area contributed by atoms with Crippen LogP contribution in [0.4, 0.5) is 0 Å². The molecule has 0 fully saturated rings. The number of hydrogen-bond acceptors (Lipinski definition) is 4. The summed E-state index contributed by atoms with van der Waals surface area (Å²) < 4.78 is 1.72. The predicted molar refractivity (Wildman–Crippen MR) is 112 cm³/mol. The highest BCUT2D eigenvalue weighted by atomic mass is 32.2. The molecule has 5 nitrogen and oxygen atoms in total. The summed E-state index contributed by atoms with van der Waals surface area (Å²) in [5.74, 6) is 0.592. The van der Waals surface area contributed by atoms with Crippen LogP contribution in [0.1, 0.15) is 36.1 Å². The summed E-state index contributed by atoms with van der Waals surface area (Å²) in [6.45, 7) is 2.06. The fourth-order valence-electron chi connectivity index (χ4n) is 3.57. The van der Waals surface area contributed by atoms with Gasteiger partial charge in [-0.3, -0.25) is 4.79 Å². The summed E-state index contributed by atoms with van der Waals surface area (Å²) in [4.78, 5) is 19.7. The topological polar surface area (TPSA) is 51.0 Å². The third-order valence-electron chi connectivity index (χ3n) is 5.47. The summed E-state index contributed by atoms with van der Waals surface area (Å²) in [7, 11) is 1.88. The molecule has 1 atom stereocenters. The molecule has 0 spiro atoms.